The summed E-state index contributed by atoms with van der Waals surface area (Å²) in [5, 5.41) is 19.5. The molecular weight excluding hydrogens is 701 g/mol. The fourth-order valence-electron chi connectivity index (χ4n) is 9.09. The molecule has 2 nitrogen and oxygen atoms in total. The first kappa shape index (κ1) is 35.0. The van der Waals surface area contributed by atoms with Crippen molar-refractivity contribution in [3.05, 3.63) is 211 Å². The van der Waals surface area contributed by atoms with Crippen LogP contribution < -0.4 is 4.90 Å². The molecule has 0 bridgehead atoms. The van der Waals surface area contributed by atoms with Crippen LogP contribution in [0.25, 0.3) is 82.5 Å². The highest BCUT2D eigenvalue weighted by atomic mass is 15.1. The molecule has 10 rings (SSSR count). The number of nitrogens with zero attached hydrogens (tertiary/aromatic N) is 2. The van der Waals surface area contributed by atoms with E-state index in [0.29, 0.717) is 6.42 Å². The number of fused-ring (bicyclic) bond motifs is 7. The molecule has 1 unspecified atom stereocenters. The van der Waals surface area contributed by atoms with Gasteiger partial charge >= 0.3 is 0 Å². The van der Waals surface area contributed by atoms with Crippen LogP contribution >= 0.6 is 0 Å². The Morgan fingerprint density at radius 3 is 1.81 bits per heavy atom. The number of nitriles is 1. The van der Waals surface area contributed by atoms with Gasteiger partial charge in [0.05, 0.1) is 17.7 Å². The highest BCUT2D eigenvalue weighted by Crippen LogP contribution is 2.50. The summed E-state index contributed by atoms with van der Waals surface area (Å²) >= 11 is 0. The molecule has 58 heavy (non-hydrogen) atoms. The second-order valence-electron chi connectivity index (χ2n) is 15.1. The zero-order valence-electron chi connectivity index (χ0n) is 32.4. The third-order valence-corrected chi connectivity index (χ3v) is 11.9. The van der Waals surface area contributed by atoms with Crippen LogP contribution in [0.2, 0.25) is 0 Å². The average Bonchev–Trinajstić information content (AvgIpc) is 3.30. The number of hydrogen-bond donors (Lipinski definition) is 0. The van der Waals surface area contributed by atoms with Gasteiger partial charge in [-0.25, -0.2) is 0 Å². The van der Waals surface area contributed by atoms with Crippen LogP contribution in [-0.2, 0) is 0 Å². The van der Waals surface area contributed by atoms with Gasteiger partial charge in [0.2, 0.25) is 0 Å². The lowest BCUT2D eigenvalue weighted by molar-refractivity contribution is 0.824. The van der Waals surface area contributed by atoms with Gasteiger partial charge in [0, 0.05) is 16.8 Å². The molecule has 2 heteroatoms. The predicted molar refractivity (Wildman–Crippen MR) is 247 cm³/mol. The van der Waals surface area contributed by atoms with Crippen LogP contribution in [0.15, 0.2) is 200 Å². The van der Waals surface area contributed by atoms with Crippen molar-refractivity contribution >= 4 is 60.5 Å². The van der Waals surface area contributed by atoms with Gasteiger partial charge in [0.25, 0.3) is 0 Å². The Kier molecular flexibility index (Phi) is 8.78. The Morgan fingerprint density at radius 2 is 1.17 bits per heavy atom. The van der Waals surface area contributed by atoms with E-state index in [4.69, 9.17) is 0 Å². The molecule has 0 aromatic heterocycles. The zero-order valence-corrected chi connectivity index (χ0v) is 32.4. The number of aryl methyl sites for hydroxylation is 1. The highest BCUT2D eigenvalue weighted by Gasteiger charge is 2.24. The zero-order chi connectivity index (χ0) is 39.2. The van der Waals surface area contributed by atoms with E-state index in [1.807, 2.05) is 12.2 Å². The van der Waals surface area contributed by atoms with Gasteiger partial charge in [0.1, 0.15) is 0 Å². The molecular formula is C56H40N2. The maximum absolute atomic E-state index is 9.83. The first-order valence-electron chi connectivity index (χ1n) is 20.0. The number of rotatable bonds is 7. The third kappa shape index (κ3) is 5.80. The Balaban J connectivity index is 1.36. The molecule has 9 aromatic rings. The van der Waals surface area contributed by atoms with Crippen molar-refractivity contribution in [3.63, 3.8) is 0 Å². The van der Waals surface area contributed by atoms with Crippen LogP contribution in [0.5, 0.6) is 0 Å². The normalized spacial score (nSPS) is 13.8. The lowest BCUT2D eigenvalue weighted by Gasteiger charge is -2.31. The number of allylic oxidation sites excluding steroid dienone is 3. The molecule has 0 heterocycles. The fraction of sp³-hybridized carbons (Fsp3) is 0.0536. The summed E-state index contributed by atoms with van der Waals surface area (Å²) in [6.07, 6.45) is 8.99. The van der Waals surface area contributed by atoms with Crippen molar-refractivity contribution < 1.29 is 0 Å². The highest BCUT2D eigenvalue weighted by molar-refractivity contribution is 6.33. The van der Waals surface area contributed by atoms with Gasteiger partial charge in [0.15, 0.2) is 0 Å². The van der Waals surface area contributed by atoms with E-state index < -0.39 is 0 Å². The fourth-order valence-corrected chi connectivity index (χ4v) is 9.09. The molecule has 0 N–H and O–H groups in total. The molecule has 274 valence electrons. The Morgan fingerprint density at radius 1 is 0.586 bits per heavy atom. The minimum atomic E-state index is -0.148. The van der Waals surface area contributed by atoms with E-state index in [9.17, 15) is 5.26 Å². The summed E-state index contributed by atoms with van der Waals surface area (Å²) < 4.78 is 0. The summed E-state index contributed by atoms with van der Waals surface area (Å²) in [5.74, 6) is -0.148. The van der Waals surface area contributed by atoms with Crippen LogP contribution in [0.1, 0.15) is 17.5 Å². The maximum Gasteiger partial charge on any atom is 0.0700 e. The molecule has 0 spiro atoms. The Bertz CT molecular complexity index is 3170. The molecule has 1 aliphatic rings. The van der Waals surface area contributed by atoms with Gasteiger partial charge in [-0.05, 0) is 126 Å². The third-order valence-electron chi connectivity index (χ3n) is 11.9. The van der Waals surface area contributed by atoms with E-state index in [1.165, 1.54) is 76.6 Å². The van der Waals surface area contributed by atoms with Crippen molar-refractivity contribution in [2.24, 2.45) is 5.92 Å². The monoisotopic (exact) mass is 740 g/mol. The van der Waals surface area contributed by atoms with Crippen molar-refractivity contribution in [2.75, 3.05) is 4.90 Å². The molecule has 0 amide bonds. The van der Waals surface area contributed by atoms with E-state index >= 15 is 0 Å². The van der Waals surface area contributed by atoms with Crippen LogP contribution in [0.4, 0.5) is 11.4 Å². The number of hydrogen-bond acceptors (Lipinski definition) is 2. The van der Waals surface area contributed by atoms with Gasteiger partial charge in [-0.1, -0.05) is 170 Å². The van der Waals surface area contributed by atoms with Crippen LogP contribution in [0.3, 0.4) is 0 Å². The second-order valence-corrected chi connectivity index (χ2v) is 15.1. The molecule has 0 fully saturated rings. The largest absolute Gasteiger partial charge is 0.310 e. The van der Waals surface area contributed by atoms with Crippen LogP contribution in [0, 0.1) is 24.2 Å². The minimum Gasteiger partial charge on any atom is -0.310 e. The minimum absolute atomic E-state index is 0.148. The Hall–Kier alpha value is -7.47. The van der Waals surface area contributed by atoms with Crippen molar-refractivity contribution in [1.29, 1.82) is 5.26 Å². The van der Waals surface area contributed by atoms with Crippen molar-refractivity contribution in [3.8, 4) is 39.4 Å². The summed E-state index contributed by atoms with van der Waals surface area (Å²) in [7, 11) is 0. The first-order chi connectivity index (χ1) is 28.6. The lowest BCUT2D eigenvalue weighted by Crippen LogP contribution is -2.18. The summed E-state index contributed by atoms with van der Waals surface area (Å²) in [5.41, 5.74) is 12.7. The predicted octanol–water partition coefficient (Wildman–Crippen LogP) is 15.4. The molecule has 0 radical (unpaired) electrons. The quantitative estimate of drug-likeness (QED) is 0.152. The van der Waals surface area contributed by atoms with E-state index in [-0.39, 0.29) is 5.92 Å². The number of anilines is 2. The first-order valence-corrected chi connectivity index (χ1v) is 20.0. The molecule has 1 aliphatic carbocycles. The maximum atomic E-state index is 9.83. The average molecular weight is 741 g/mol. The van der Waals surface area contributed by atoms with E-state index in [1.54, 1.807) is 0 Å². The Labute approximate surface area is 339 Å². The molecule has 0 saturated carbocycles. The van der Waals surface area contributed by atoms with Gasteiger partial charge in [-0.3, -0.25) is 0 Å². The van der Waals surface area contributed by atoms with Gasteiger partial charge in [-0.2, -0.15) is 5.26 Å². The van der Waals surface area contributed by atoms with Crippen molar-refractivity contribution in [2.45, 2.75) is 13.3 Å². The molecule has 0 aliphatic heterocycles. The van der Waals surface area contributed by atoms with Gasteiger partial charge in [-0.15, -0.1) is 0 Å². The summed E-state index contributed by atoms with van der Waals surface area (Å²) in [4.78, 5) is 2.38. The topological polar surface area (TPSA) is 27.0 Å². The van der Waals surface area contributed by atoms with Crippen molar-refractivity contribution in [1.82, 2.24) is 0 Å². The standard InChI is InChI=1S/C56H40N2/c1-3-39-33-53(47-25-15-13-23-45(47)37(39)2)58(43-29-27-38(36-57)28-30-43)44-31-32-49-52(34-44)46-24-14-16-26-48(46)55-51(41-19-9-5-10-20-41)35-50(40-17-7-4-8-18-40)54(56(49)55)42-21-11-6-12-22-42/h3-27,29-35,38H,1,28H2,2H3. The number of benzene rings is 9. The summed E-state index contributed by atoms with van der Waals surface area (Å²) in [6, 6.07) is 64.2. The molecule has 1 atom stereocenters. The second kappa shape index (κ2) is 14.6. The van der Waals surface area contributed by atoms with E-state index in [0.717, 1.165) is 28.0 Å². The molecule has 0 saturated heterocycles. The van der Waals surface area contributed by atoms with Crippen LogP contribution in [-0.4, -0.2) is 0 Å². The SMILES string of the molecule is C=Cc1cc(N(C2=CCC(C#N)C=C2)c2ccc3c(c2)c2ccccc2c2c(-c4ccccc4)cc(-c4ccccc4)c(-c4ccccc4)c32)c2ccccc2c1C. The molecule has 9 aromatic carbocycles. The summed E-state index contributed by atoms with van der Waals surface area (Å²) in [6.45, 7) is 6.39. The smallest absolute Gasteiger partial charge is 0.0700 e. The van der Waals surface area contributed by atoms with E-state index in [2.05, 4.69) is 206 Å². The van der Waals surface area contributed by atoms with Gasteiger partial charge < -0.3 is 4.90 Å². The lowest BCUT2D eigenvalue weighted by atomic mass is 9.81.